The number of carbonyl (C=O) groups is 1. The number of benzene rings is 1. The highest BCUT2D eigenvalue weighted by atomic mass is 32.2. The molecule has 1 N–H and O–H groups in total. The van der Waals surface area contributed by atoms with Crippen LogP contribution in [-0.4, -0.2) is 42.0 Å². The minimum absolute atomic E-state index is 0.00804. The number of sulfonamides is 1. The van der Waals surface area contributed by atoms with Gasteiger partial charge in [0, 0.05) is 18.5 Å². The van der Waals surface area contributed by atoms with Crippen LogP contribution in [0.15, 0.2) is 28.8 Å². The summed E-state index contributed by atoms with van der Waals surface area (Å²) in [6.07, 6.45) is 0.494. The van der Waals surface area contributed by atoms with Gasteiger partial charge in [0.25, 0.3) is 0 Å². The normalized spacial score (nSPS) is 23.2. The Balaban J connectivity index is 1.85. The maximum absolute atomic E-state index is 12.7. The number of hydrogen-bond donors (Lipinski definition) is 1. The summed E-state index contributed by atoms with van der Waals surface area (Å²) >= 11 is 0. The molecular formula is C15H18N2O5S. The second-order valence-corrected chi connectivity index (χ2v) is 8.04. The largest absolute Gasteiger partial charge is 0.481 e. The van der Waals surface area contributed by atoms with Crippen LogP contribution < -0.4 is 0 Å². The van der Waals surface area contributed by atoms with Crippen molar-refractivity contribution in [1.82, 2.24) is 9.46 Å². The van der Waals surface area contributed by atoms with Crippen molar-refractivity contribution in [2.45, 2.75) is 19.1 Å². The van der Waals surface area contributed by atoms with E-state index in [1.54, 1.807) is 24.3 Å². The van der Waals surface area contributed by atoms with Crippen LogP contribution in [0.25, 0.3) is 11.0 Å². The Bertz CT molecular complexity index is 829. The number of carboxylic acids is 1. The van der Waals surface area contributed by atoms with E-state index in [1.165, 1.54) is 4.31 Å². The van der Waals surface area contributed by atoms with Gasteiger partial charge in [0.1, 0.15) is 11.4 Å². The number of aromatic nitrogens is 1. The van der Waals surface area contributed by atoms with Crippen molar-refractivity contribution in [3.8, 4) is 0 Å². The number of nitrogens with zero attached hydrogens (tertiary/aromatic N) is 2. The molecule has 8 heteroatoms. The van der Waals surface area contributed by atoms with Crippen LogP contribution >= 0.6 is 0 Å². The van der Waals surface area contributed by atoms with Crippen LogP contribution in [0.4, 0.5) is 0 Å². The number of fused-ring (bicyclic) bond motifs is 1. The fraction of sp³-hybridized carbons (Fsp3) is 0.467. The predicted octanol–water partition coefficient (Wildman–Crippen LogP) is 1.70. The van der Waals surface area contributed by atoms with E-state index in [4.69, 9.17) is 4.52 Å². The van der Waals surface area contributed by atoms with Gasteiger partial charge in [0.05, 0.1) is 5.92 Å². The van der Waals surface area contributed by atoms with Crippen molar-refractivity contribution in [3.05, 3.63) is 30.0 Å². The summed E-state index contributed by atoms with van der Waals surface area (Å²) in [5.74, 6) is -1.90. The van der Waals surface area contributed by atoms with Gasteiger partial charge < -0.3 is 9.63 Å². The number of para-hydroxylation sites is 1. The first-order chi connectivity index (χ1) is 10.9. The first-order valence-electron chi connectivity index (χ1n) is 7.40. The van der Waals surface area contributed by atoms with E-state index in [0.29, 0.717) is 29.6 Å². The van der Waals surface area contributed by atoms with Gasteiger partial charge in [-0.05, 0) is 24.5 Å². The van der Waals surface area contributed by atoms with E-state index in [-0.39, 0.29) is 18.2 Å². The molecule has 1 aromatic heterocycles. The third kappa shape index (κ3) is 3.23. The number of aliphatic carboxylic acids is 1. The van der Waals surface area contributed by atoms with Crippen molar-refractivity contribution < 1.29 is 22.8 Å². The Labute approximate surface area is 133 Å². The molecule has 124 valence electrons. The Hall–Kier alpha value is -1.93. The van der Waals surface area contributed by atoms with Gasteiger partial charge in [-0.3, -0.25) is 4.79 Å². The van der Waals surface area contributed by atoms with E-state index in [9.17, 15) is 18.3 Å². The number of hydrogen-bond acceptors (Lipinski definition) is 5. The highest BCUT2D eigenvalue weighted by Gasteiger charge is 2.36. The Morgan fingerprint density at radius 3 is 2.87 bits per heavy atom. The zero-order valence-electron chi connectivity index (χ0n) is 12.7. The molecule has 2 unspecified atom stereocenters. The quantitative estimate of drug-likeness (QED) is 0.910. The number of carboxylic acid groups (broad SMARTS) is 1. The lowest BCUT2D eigenvalue weighted by atomic mass is 9.92. The highest BCUT2D eigenvalue weighted by molar-refractivity contribution is 7.88. The zero-order valence-corrected chi connectivity index (χ0v) is 13.5. The smallest absolute Gasteiger partial charge is 0.307 e. The zero-order chi connectivity index (χ0) is 16.6. The van der Waals surface area contributed by atoms with Gasteiger partial charge in [-0.2, -0.15) is 0 Å². The van der Waals surface area contributed by atoms with E-state index >= 15 is 0 Å². The predicted molar refractivity (Wildman–Crippen MR) is 83.1 cm³/mol. The fourth-order valence-electron chi connectivity index (χ4n) is 3.02. The molecule has 2 heterocycles. The third-order valence-electron chi connectivity index (χ3n) is 4.14. The first-order valence-corrected chi connectivity index (χ1v) is 9.01. The van der Waals surface area contributed by atoms with Crippen molar-refractivity contribution in [2.75, 3.05) is 13.1 Å². The topological polar surface area (TPSA) is 101 Å². The van der Waals surface area contributed by atoms with Gasteiger partial charge in [-0.15, -0.1) is 0 Å². The van der Waals surface area contributed by atoms with E-state index < -0.39 is 21.9 Å². The van der Waals surface area contributed by atoms with E-state index in [0.717, 1.165) is 0 Å². The monoisotopic (exact) mass is 338 g/mol. The lowest BCUT2D eigenvalue weighted by Gasteiger charge is -2.33. The van der Waals surface area contributed by atoms with Gasteiger partial charge in [0.2, 0.25) is 10.0 Å². The van der Waals surface area contributed by atoms with Crippen LogP contribution in [0.2, 0.25) is 0 Å². The van der Waals surface area contributed by atoms with Crippen LogP contribution in [0.3, 0.4) is 0 Å². The molecule has 23 heavy (non-hydrogen) atoms. The molecule has 0 amide bonds. The molecule has 2 aromatic rings. The van der Waals surface area contributed by atoms with Crippen LogP contribution in [0, 0.1) is 11.8 Å². The van der Waals surface area contributed by atoms with E-state index in [1.807, 2.05) is 6.92 Å². The second-order valence-electron chi connectivity index (χ2n) is 6.07. The number of piperidine rings is 1. The first kappa shape index (κ1) is 15.9. The van der Waals surface area contributed by atoms with Crippen molar-refractivity contribution in [1.29, 1.82) is 0 Å². The van der Waals surface area contributed by atoms with Crippen molar-refractivity contribution in [2.24, 2.45) is 11.8 Å². The molecule has 1 fully saturated rings. The summed E-state index contributed by atoms with van der Waals surface area (Å²) in [4.78, 5) is 11.2. The van der Waals surface area contributed by atoms with Crippen LogP contribution in [-0.2, 0) is 20.6 Å². The highest BCUT2D eigenvalue weighted by Crippen LogP contribution is 2.27. The summed E-state index contributed by atoms with van der Waals surface area (Å²) in [7, 11) is -3.65. The SMILES string of the molecule is CC1CC(C(=O)O)CN(S(=O)(=O)Cc2noc3ccccc23)C1. The molecule has 0 saturated carbocycles. The Morgan fingerprint density at radius 2 is 2.13 bits per heavy atom. The van der Waals surface area contributed by atoms with Crippen LogP contribution in [0.5, 0.6) is 0 Å². The minimum Gasteiger partial charge on any atom is -0.481 e. The third-order valence-corrected chi connectivity index (χ3v) is 5.86. The molecule has 1 aromatic carbocycles. The van der Waals surface area contributed by atoms with Crippen LogP contribution in [0.1, 0.15) is 19.0 Å². The summed E-state index contributed by atoms with van der Waals surface area (Å²) in [5, 5.41) is 13.7. The summed E-state index contributed by atoms with van der Waals surface area (Å²) in [6, 6.07) is 7.06. The molecule has 7 nitrogen and oxygen atoms in total. The minimum atomic E-state index is -3.65. The average molecular weight is 338 g/mol. The van der Waals surface area contributed by atoms with Gasteiger partial charge in [-0.1, -0.05) is 24.2 Å². The molecule has 1 saturated heterocycles. The summed E-state index contributed by atoms with van der Waals surface area (Å²) < 4.78 is 31.7. The van der Waals surface area contributed by atoms with Gasteiger partial charge >= 0.3 is 5.97 Å². The Kier molecular flexibility index (Phi) is 4.11. The maximum Gasteiger partial charge on any atom is 0.307 e. The molecular weight excluding hydrogens is 320 g/mol. The number of rotatable bonds is 4. The van der Waals surface area contributed by atoms with Gasteiger partial charge in [0.15, 0.2) is 5.58 Å². The van der Waals surface area contributed by atoms with Crippen molar-refractivity contribution in [3.63, 3.8) is 0 Å². The molecule has 2 atom stereocenters. The summed E-state index contributed by atoms with van der Waals surface area (Å²) in [6.45, 7) is 2.21. The maximum atomic E-state index is 12.7. The molecule has 1 aliphatic heterocycles. The van der Waals surface area contributed by atoms with E-state index in [2.05, 4.69) is 5.16 Å². The van der Waals surface area contributed by atoms with Gasteiger partial charge in [-0.25, -0.2) is 12.7 Å². The lowest BCUT2D eigenvalue weighted by molar-refractivity contribution is -0.143. The summed E-state index contributed by atoms with van der Waals surface area (Å²) in [5.41, 5.74) is 0.888. The fourth-order valence-corrected chi connectivity index (χ4v) is 4.64. The lowest BCUT2D eigenvalue weighted by Crippen LogP contribution is -2.45. The second kappa shape index (κ2) is 5.93. The molecule has 1 aliphatic rings. The standard InChI is InChI=1S/C15H18N2O5S/c1-10-6-11(15(18)19)8-17(7-10)23(20,21)9-13-12-4-2-3-5-14(12)22-16-13/h2-5,10-11H,6-9H2,1H3,(H,18,19). The average Bonchev–Trinajstić information content (AvgIpc) is 2.89. The van der Waals surface area contributed by atoms with Crippen molar-refractivity contribution >= 4 is 27.0 Å². The molecule has 0 spiro atoms. The molecule has 0 bridgehead atoms. The Morgan fingerprint density at radius 1 is 1.39 bits per heavy atom. The molecule has 0 radical (unpaired) electrons. The molecule has 0 aliphatic carbocycles. The molecule has 3 rings (SSSR count).